The number of ether oxygens (including phenoxy) is 1. The molecule has 0 aromatic heterocycles. The Morgan fingerprint density at radius 2 is 2.12 bits per heavy atom. The Kier molecular flexibility index (Phi) is 5.96. The Labute approximate surface area is 152 Å². The van der Waals surface area contributed by atoms with E-state index in [1.54, 1.807) is 20.8 Å². The Bertz CT molecular complexity index is 729. The summed E-state index contributed by atoms with van der Waals surface area (Å²) in [6, 6.07) is 3.57. The van der Waals surface area contributed by atoms with Crippen LogP contribution in [0, 0.1) is 5.82 Å². The maximum atomic E-state index is 13.8. The fourth-order valence-corrected chi connectivity index (χ4v) is 4.27. The van der Waals surface area contributed by atoms with Gasteiger partial charge in [0.05, 0.1) is 5.75 Å². The number of sulfonamides is 1. The van der Waals surface area contributed by atoms with Crippen molar-refractivity contribution in [2.45, 2.75) is 44.6 Å². The molecule has 1 atom stereocenters. The molecule has 1 saturated heterocycles. The number of nitrogens with zero attached hydrogens (tertiary/aromatic N) is 1. The molecule has 0 unspecified atom stereocenters. The van der Waals surface area contributed by atoms with Gasteiger partial charge >= 0.3 is 6.09 Å². The molecule has 1 aromatic carbocycles. The van der Waals surface area contributed by atoms with E-state index in [2.05, 4.69) is 4.72 Å². The molecule has 0 saturated carbocycles. The summed E-state index contributed by atoms with van der Waals surface area (Å²) in [6.45, 7) is 5.89. The zero-order valence-electron chi connectivity index (χ0n) is 14.4. The lowest BCUT2D eigenvalue weighted by Gasteiger charge is -2.24. The fraction of sp³-hybridized carbons (Fsp3) is 0.562. The first-order chi connectivity index (χ1) is 11.5. The number of hydrogen-bond donors (Lipinski definition) is 1. The first-order valence-electron chi connectivity index (χ1n) is 7.88. The smallest absolute Gasteiger partial charge is 0.410 e. The maximum absolute atomic E-state index is 13.8. The van der Waals surface area contributed by atoms with E-state index in [1.807, 2.05) is 0 Å². The van der Waals surface area contributed by atoms with Gasteiger partial charge < -0.3 is 9.64 Å². The van der Waals surface area contributed by atoms with Crippen molar-refractivity contribution in [3.05, 3.63) is 34.6 Å². The molecule has 0 spiro atoms. The summed E-state index contributed by atoms with van der Waals surface area (Å²) in [4.78, 5) is 13.5. The molecule has 0 radical (unpaired) electrons. The molecule has 0 bridgehead atoms. The number of likely N-dealkylation sites (tertiary alicyclic amines) is 1. The van der Waals surface area contributed by atoms with Crippen molar-refractivity contribution in [1.29, 1.82) is 0 Å². The first-order valence-corrected chi connectivity index (χ1v) is 9.91. The second kappa shape index (κ2) is 7.47. The normalized spacial score (nSPS) is 18.4. The topological polar surface area (TPSA) is 75.7 Å². The summed E-state index contributed by atoms with van der Waals surface area (Å²) in [5, 5.41) is 0.0622. The third kappa shape index (κ3) is 5.83. The fourth-order valence-electron chi connectivity index (χ4n) is 2.50. The molecule has 1 amide bonds. The standard InChI is InChI=1S/C16H22ClFN2O4S/c1-16(2,3)24-15(21)20-8-7-11(9-20)19-25(22,23)10-12-13(17)5-4-6-14(12)18/h4-6,11,19H,7-10H2,1-3H3/t11-/m0/s1. The zero-order chi connectivity index (χ0) is 18.8. The lowest BCUT2D eigenvalue weighted by Crippen LogP contribution is -2.40. The van der Waals surface area contributed by atoms with Crippen molar-refractivity contribution in [3.8, 4) is 0 Å². The molecule has 6 nitrogen and oxygen atoms in total. The van der Waals surface area contributed by atoms with Crippen LogP contribution in [0.5, 0.6) is 0 Å². The highest BCUT2D eigenvalue weighted by molar-refractivity contribution is 7.88. The van der Waals surface area contributed by atoms with Crippen molar-refractivity contribution >= 4 is 27.7 Å². The molecule has 1 aromatic rings. The van der Waals surface area contributed by atoms with Crippen LogP contribution in [0.4, 0.5) is 9.18 Å². The van der Waals surface area contributed by atoms with Gasteiger partial charge in [-0.05, 0) is 39.3 Å². The SMILES string of the molecule is CC(C)(C)OC(=O)N1CC[C@H](NS(=O)(=O)Cc2c(F)cccc2Cl)C1. The van der Waals surface area contributed by atoms with Gasteiger partial charge in [-0.25, -0.2) is 22.3 Å². The number of carbonyl (C=O) groups is 1. The van der Waals surface area contributed by atoms with E-state index in [0.29, 0.717) is 13.0 Å². The minimum atomic E-state index is -3.80. The van der Waals surface area contributed by atoms with Crippen LogP contribution >= 0.6 is 11.6 Å². The van der Waals surface area contributed by atoms with E-state index >= 15 is 0 Å². The van der Waals surface area contributed by atoms with Gasteiger partial charge in [-0.3, -0.25) is 0 Å². The van der Waals surface area contributed by atoms with Gasteiger partial charge in [0.25, 0.3) is 0 Å². The van der Waals surface area contributed by atoms with Crippen LogP contribution in [0.3, 0.4) is 0 Å². The van der Waals surface area contributed by atoms with Crippen LogP contribution in [0.1, 0.15) is 32.8 Å². The third-order valence-electron chi connectivity index (χ3n) is 3.58. The van der Waals surface area contributed by atoms with Crippen LogP contribution in [0.25, 0.3) is 0 Å². The molecule has 25 heavy (non-hydrogen) atoms. The summed E-state index contributed by atoms with van der Waals surface area (Å²) in [7, 11) is -3.80. The first kappa shape index (κ1) is 19.9. The van der Waals surface area contributed by atoms with Crippen molar-refractivity contribution in [3.63, 3.8) is 0 Å². The highest BCUT2D eigenvalue weighted by Crippen LogP contribution is 2.22. The Balaban J connectivity index is 1.97. The number of nitrogens with one attached hydrogen (secondary N) is 1. The summed E-state index contributed by atoms with van der Waals surface area (Å²) < 4.78 is 46.1. The van der Waals surface area contributed by atoms with E-state index in [-0.39, 0.29) is 17.1 Å². The van der Waals surface area contributed by atoms with E-state index < -0.39 is 39.3 Å². The molecule has 1 N–H and O–H groups in total. The number of hydrogen-bond acceptors (Lipinski definition) is 4. The van der Waals surface area contributed by atoms with Gasteiger partial charge in [-0.2, -0.15) is 0 Å². The van der Waals surface area contributed by atoms with E-state index in [0.717, 1.165) is 6.07 Å². The summed E-state index contributed by atoms with van der Waals surface area (Å²) in [5.74, 6) is -1.22. The predicted molar refractivity (Wildman–Crippen MR) is 93.4 cm³/mol. The molecule has 140 valence electrons. The summed E-state index contributed by atoms with van der Waals surface area (Å²) >= 11 is 5.88. The van der Waals surface area contributed by atoms with E-state index in [4.69, 9.17) is 16.3 Å². The zero-order valence-corrected chi connectivity index (χ0v) is 16.0. The lowest BCUT2D eigenvalue weighted by molar-refractivity contribution is 0.0292. The molecule has 0 aliphatic carbocycles. The second-order valence-electron chi connectivity index (χ2n) is 6.99. The van der Waals surface area contributed by atoms with Crippen molar-refractivity contribution < 1.29 is 22.3 Å². The minimum absolute atomic E-state index is 0.0622. The van der Waals surface area contributed by atoms with Crippen LogP contribution < -0.4 is 4.72 Å². The summed E-state index contributed by atoms with van der Waals surface area (Å²) in [5.41, 5.74) is -0.686. The number of benzene rings is 1. The van der Waals surface area contributed by atoms with Gasteiger partial charge in [-0.1, -0.05) is 17.7 Å². The highest BCUT2D eigenvalue weighted by Gasteiger charge is 2.32. The van der Waals surface area contributed by atoms with Gasteiger partial charge in [0.2, 0.25) is 10.0 Å². The number of carbonyl (C=O) groups excluding carboxylic acids is 1. The average molecular weight is 393 g/mol. The van der Waals surface area contributed by atoms with E-state index in [9.17, 15) is 17.6 Å². The average Bonchev–Trinajstić information content (AvgIpc) is 2.89. The Morgan fingerprint density at radius 3 is 2.72 bits per heavy atom. The summed E-state index contributed by atoms with van der Waals surface area (Å²) in [6.07, 6.45) is -0.0185. The molecule has 1 fully saturated rings. The molecule has 9 heteroatoms. The minimum Gasteiger partial charge on any atom is -0.444 e. The predicted octanol–water partition coefficient (Wildman–Crippen LogP) is 2.91. The van der Waals surface area contributed by atoms with Crippen molar-refractivity contribution in [2.75, 3.05) is 13.1 Å². The quantitative estimate of drug-likeness (QED) is 0.854. The molecule has 1 heterocycles. The van der Waals surface area contributed by atoms with Gasteiger partial charge in [-0.15, -0.1) is 0 Å². The molecular weight excluding hydrogens is 371 g/mol. The number of rotatable bonds is 4. The number of halogens is 2. The Morgan fingerprint density at radius 1 is 1.44 bits per heavy atom. The third-order valence-corrected chi connectivity index (χ3v) is 5.30. The Hall–Kier alpha value is -1.38. The van der Waals surface area contributed by atoms with Crippen LogP contribution in [-0.2, 0) is 20.5 Å². The van der Waals surface area contributed by atoms with Crippen LogP contribution in [0.2, 0.25) is 5.02 Å². The molecular formula is C16H22ClFN2O4S. The largest absolute Gasteiger partial charge is 0.444 e. The van der Waals surface area contributed by atoms with Gasteiger partial charge in [0.15, 0.2) is 0 Å². The molecule has 2 rings (SSSR count). The van der Waals surface area contributed by atoms with Crippen LogP contribution in [-0.4, -0.2) is 44.1 Å². The van der Waals surface area contributed by atoms with Gasteiger partial charge in [0, 0.05) is 29.7 Å². The van der Waals surface area contributed by atoms with Crippen molar-refractivity contribution in [1.82, 2.24) is 9.62 Å². The molecule has 1 aliphatic heterocycles. The second-order valence-corrected chi connectivity index (χ2v) is 9.15. The van der Waals surface area contributed by atoms with Gasteiger partial charge in [0.1, 0.15) is 11.4 Å². The molecule has 1 aliphatic rings. The highest BCUT2D eigenvalue weighted by atomic mass is 35.5. The number of amides is 1. The van der Waals surface area contributed by atoms with Crippen molar-refractivity contribution in [2.24, 2.45) is 0 Å². The maximum Gasteiger partial charge on any atom is 0.410 e. The van der Waals surface area contributed by atoms with E-state index in [1.165, 1.54) is 17.0 Å². The monoisotopic (exact) mass is 392 g/mol. The van der Waals surface area contributed by atoms with Crippen LogP contribution in [0.15, 0.2) is 18.2 Å². The lowest BCUT2D eigenvalue weighted by atomic mass is 10.2.